The number of hydrogen-bond acceptors (Lipinski definition) is 4. The summed E-state index contributed by atoms with van der Waals surface area (Å²) < 4.78 is 34.3. The van der Waals surface area contributed by atoms with Gasteiger partial charge in [0.05, 0.1) is 12.1 Å². The molecule has 130 valence electrons. The van der Waals surface area contributed by atoms with Gasteiger partial charge < -0.3 is 9.30 Å². The predicted molar refractivity (Wildman–Crippen MR) is 91.9 cm³/mol. The smallest absolute Gasteiger partial charge is 0.244 e. The highest BCUT2D eigenvalue weighted by atomic mass is 35.5. The van der Waals surface area contributed by atoms with Gasteiger partial charge in [-0.25, -0.2) is 17.7 Å². The van der Waals surface area contributed by atoms with Gasteiger partial charge >= 0.3 is 0 Å². The van der Waals surface area contributed by atoms with Crippen LogP contribution in [0, 0.1) is 5.92 Å². The predicted octanol–water partition coefficient (Wildman–Crippen LogP) is 2.43. The molecule has 0 saturated heterocycles. The maximum absolute atomic E-state index is 12.9. The highest BCUT2D eigenvalue weighted by molar-refractivity contribution is 7.89. The summed E-state index contributed by atoms with van der Waals surface area (Å²) >= 11 is 6.10. The summed E-state index contributed by atoms with van der Waals surface area (Å²) in [4.78, 5) is 4.37. The van der Waals surface area contributed by atoms with Crippen LogP contribution in [0.2, 0.25) is 5.02 Å². The number of nitrogens with zero attached hydrogens (tertiary/aromatic N) is 3. The molecule has 0 saturated carbocycles. The van der Waals surface area contributed by atoms with Crippen LogP contribution in [0.3, 0.4) is 0 Å². The molecule has 1 atom stereocenters. The first-order chi connectivity index (χ1) is 11.4. The molecule has 1 aromatic heterocycles. The van der Waals surface area contributed by atoms with E-state index in [0.29, 0.717) is 12.3 Å². The van der Waals surface area contributed by atoms with Crippen molar-refractivity contribution in [3.63, 3.8) is 0 Å². The second kappa shape index (κ2) is 6.74. The van der Waals surface area contributed by atoms with Crippen molar-refractivity contribution in [1.82, 2.24) is 13.9 Å². The van der Waals surface area contributed by atoms with Gasteiger partial charge in [0.15, 0.2) is 0 Å². The molecule has 0 aliphatic carbocycles. The fraction of sp³-hybridized carbons (Fsp3) is 0.438. The van der Waals surface area contributed by atoms with Crippen molar-refractivity contribution in [1.29, 1.82) is 0 Å². The van der Waals surface area contributed by atoms with Gasteiger partial charge in [-0.1, -0.05) is 11.6 Å². The zero-order chi connectivity index (χ0) is 17.3. The molecule has 6 nitrogen and oxygen atoms in total. The van der Waals surface area contributed by atoms with Gasteiger partial charge in [0, 0.05) is 45.0 Å². The summed E-state index contributed by atoms with van der Waals surface area (Å²) in [6, 6.07) is 4.64. The average Bonchev–Trinajstić information content (AvgIpc) is 3.02. The van der Waals surface area contributed by atoms with E-state index in [1.54, 1.807) is 25.4 Å². The molecule has 0 spiro atoms. The van der Waals surface area contributed by atoms with Crippen molar-refractivity contribution in [2.75, 3.05) is 20.7 Å². The summed E-state index contributed by atoms with van der Waals surface area (Å²) in [5, 5.41) is 0.197. The van der Waals surface area contributed by atoms with Crippen LogP contribution < -0.4 is 4.74 Å². The third-order valence-electron chi connectivity index (χ3n) is 4.37. The third-order valence-corrected chi connectivity index (χ3v) is 6.68. The van der Waals surface area contributed by atoms with E-state index in [9.17, 15) is 8.42 Å². The van der Waals surface area contributed by atoms with Gasteiger partial charge in [0.2, 0.25) is 10.0 Å². The monoisotopic (exact) mass is 369 g/mol. The SMILES string of the molecule is COc1ccc(Cl)c(S(=O)(=O)N(C)C[C@@H]2CCc3nccn3C2)c1. The average molecular weight is 370 g/mol. The van der Waals surface area contributed by atoms with Crippen LogP contribution in [-0.2, 0) is 23.0 Å². The lowest BCUT2D eigenvalue weighted by Crippen LogP contribution is -2.35. The van der Waals surface area contributed by atoms with Gasteiger partial charge in [-0.15, -0.1) is 0 Å². The molecule has 0 unspecified atom stereocenters. The molecule has 0 fully saturated rings. The fourth-order valence-corrected chi connectivity index (χ4v) is 4.76. The maximum atomic E-state index is 12.9. The number of halogens is 1. The van der Waals surface area contributed by atoms with Crippen LogP contribution in [0.15, 0.2) is 35.5 Å². The molecule has 0 radical (unpaired) electrons. The number of fused-ring (bicyclic) bond motifs is 1. The summed E-state index contributed by atoms with van der Waals surface area (Å²) in [6.45, 7) is 1.22. The van der Waals surface area contributed by atoms with E-state index in [1.165, 1.54) is 17.5 Å². The van der Waals surface area contributed by atoms with Crippen LogP contribution in [0.25, 0.3) is 0 Å². The minimum absolute atomic E-state index is 0.0742. The molecule has 0 amide bonds. The summed E-state index contributed by atoms with van der Waals surface area (Å²) in [5.41, 5.74) is 0. The van der Waals surface area contributed by atoms with E-state index in [2.05, 4.69) is 9.55 Å². The van der Waals surface area contributed by atoms with E-state index in [-0.39, 0.29) is 15.8 Å². The molecule has 0 N–H and O–H groups in total. The van der Waals surface area contributed by atoms with Gasteiger partial charge in [-0.2, -0.15) is 0 Å². The van der Waals surface area contributed by atoms with Crippen LogP contribution in [-0.4, -0.2) is 43.0 Å². The van der Waals surface area contributed by atoms with E-state index in [1.807, 2.05) is 6.20 Å². The zero-order valence-electron chi connectivity index (χ0n) is 13.6. The Morgan fingerprint density at radius 3 is 3.00 bits per heavy atom. The van der Waals surface area contributed by atoms with Crippen molar-refractivity contribution in [3.8, 4) is 5.75 Å². The molecular weight excluding hydrogens is 350 g/mol. The zero-order valence-corrected chi connectivity index (χ0v) is 15.2. The summed E-state index contributed by atoms with van der Waals surface area (Å²) in [7, 11) is -0.583. The van der Waals surface area contributed by atoms with Crippen molar-refractivity contribution in [2.45, 2.75) is 24.3 Å². The summed E-state index contributed by atoms with van der Waals surface area (Å²) in [6.07, 6.45) is 5.51. The first-order valence-electron chi connectivity index (χ1n) is 7.71. The first-order valence-corrected chi connectivity index (χ1v) is 9.53. The number of imidazole rings is 1. The van der Waals surface area contributed by atoms with E-state index in [0.717, 1.165) is 25.2 Å². The second-order valence-electron chi connectivity index (χ2n) is 5.98. The number of rotatable bonds is 5. The van der Waals surface area contributed by atoms with Crippen molar-refractivity contribution in [3.05, 3.63) is 41.4 Å². The minimum atomic E-state index is -3.67. The lowest BCUT2D eigenvalue weighted by Gasteiger charge is -2.28. The number of methoxy groups -OCH3 is 1. The Morgan fingerprint density at radius 1 is 1.46 bits per heavy atom. The van der Waals surface area contributed by atoms with Crippen LogP contribution >= 0.6 is 11.6 Å². The largest absolute Gasteiger partial charge is 0.497 e. The molecule has 24 heavy (non-hydrogen) atoms. The molecule has 1 aliphatic heterocycles. The molecule has 1 aliphatic rings. The Morgan fingerprint density at radius 2 is 2.25 bits per heavy atom. The maximum Gasteiger partial charge on any atom is 0.244 e. The Bertz CT molecular complexity index is 835. The van der Waals surface area contributed by atoms with Crippen molar-refractivity contribution in [2.24, 2.45) is 5.92 Å². The lowest BCUT2D eigenvalue weighted by atomic mass is 10.00. The van der Waals surface area contributed by atoms with E-state index < -0.39 is 10.0 Å². The summed E-state index contributed by atoms with van der Waals surface area (Å²) in [5.74, 6) is 1.77. The number of benzene rings is 1. The number of aromatic nitrogens is 2. The number of sulfonamides is 1. The molecule has 0 bridgehead atoms. The topological polar surface area (TPSA) is 64.4 Å². The molecule has 2 heterocycles. The highest BCUT2D eigenvalue weighted by Gasteiger charge is 2.28. The lowest BCUT2D eigenvalue weighted by molar-refractivity contribution is 0.303. The van der Waals surface area contributed by atoms with Crippen LogP contribution in [0.4, 0.5) is 0 Å². The molecule has 3 rings (SSSR count). The first kappa shape index (κ1) is 17.3. The Balaban J connectivity index is 1.78. The van der Waals surface area contributed by atoms with Gasteiger partial charge in [-0.05, 0) is 24.5 Å². The number of hydrogen-bond donors (Lipinski definition) is 0. The standard InChI is InChI=1S/C16H20ClN3O3S/c1-19(10-12-3-6-16-18-7-8-20(16)11-12)24(21,22)15-9-13(23-2)4-5-14(15)17/h4-5,7-9,12H,3,6,10-11H2,1-2H3/t12-/m0/s1. The fourth-order valence-electron chi connectivity index (χ4n) is 3.02. The number of ether oxygens (including phenoxy) is 1. The van der Waals surface area contributed by atoms with Gasteiger partial charge in [0.1, 0.15) is 16.5 Å². The highest BCUT2D eigenvalue weighted by Crippen LogP contribution is 2.29. The van der Waals surface area contributed by atoms with Gasteiger partial charge in [0.25, 0.3) is 0 Å². The van der Waals surface area contributed by atoms with Crippen molar-refractivity contribution < 1.29 is 13.2 Å². The third kappa shape index (κ3) is 3.29. The Labute approximate surface area is 147 Å². The number of aryl methyl sites for hydroxylation is 1. The molecule has 8 heteroatoms. The normalized spacial score (nSPS) is 17.8. The van der Waals surface area contributed by atoms with Crippen LogP contribution in [0.5, 0.6) is 5.75 Å². The molecular formula is C16H20ClN3O3S. The Kier molecular flexibility index (Phi) is 4.85. The Hall–Kier alpha value is -1.57. The van der Waals surface area contributed by atoms with E-state index >= 15 is 0 Å². The second-order valence-corrected chi connectivity index (χ2v) is 8.40. The molecule has 1 aromatic carbocycles. The quantitative estimate of drug-likeness (QED) is 0.812. The van der Waals surface area contributed by atoms with Crippen molar-refractivity contribution >= 4 is 21.6 Å². The molecule has 2 aromatic rings. The van der Waals surface area contributed by atoms with Gasteiger partial charge in [-0.3, -0.25) is 0 Å². The van der Waals surface area contributed by atoms with E-state index in [4.69, 9.17) is 16.3 Å². The van der Waals surface area contributed by atoms with Crippen LogP contribution in [0.1, 0.15) is 12.2 Å². The minimum Gasteiger partial charge on any atom is -0.497 e.